The lowest BCUT2D eigenvalue weighted by molar-refractivity contribution is 0.0764. The highest BCUT2D eigenvalue weighted by Gasteiger charge is 2.30. The molecule has 0 spiro atoms. The summed E-state index contributed by atoms with van der Waals surface area (Å²) in [6.07, 6.45) is 3.84. The molecule has 2 aliphatic rings. The molecule has 1 aromatic carbocycles. The Bertz CT molecular complexity index is 860. The molecule has 1 aliphatic carbocycles. The second-order valence-electron chi connectivity index (χ2n) is 7.76. The van der Waals surface area contributed by atoms with Crippen molar-refractivity contribution in [2.45, 2.75) is 31.7 Å². The van der Waals surface area contributed by atoms with Gasteiger partial charge in [0.1, 0.15) is 5.75 Å². The van der Waals surface area contributed by atoms with E-state index in [2.05, 4.69) is 22.5 Å². The summed E-state index contributed by atoms with van der Waals surface area (Å²) in [5.41, 5.74) is 4.27. The molecule has 0 radical (unpaired) electrons. The van der Waals surface area contributed by atoms with Gasteiger partial charge >= 0.3 is 0 Å². The van der Waals surface area contributed by atoms with Gasteiger partial charge in [0.05, 0.1) is 7.11 Å². The van der Waals surface area contributed by atoms with E-state index in [0.29, 0.717) is 11.7 Å². The summed E-state index contributed by atoms with van der Waals surface area (Å²) >= 11 is 1.92. The van der Waals surface area contributed by atoms with E-state index in [9.17, 15) is 4.79 Å². The summed E-state index contributed by atoms with van der Waals surface area (Å²) in [5, 5.41) is 8.32. The number of rotatable bonds is 6. The van der Waals surface area contributed by atoms with E-state index in [1.807, 2.05) is 40.5 Å². The number of amides is 1. The highest BCUT2D eigenvalue weighted by atomic mass is 32.2. The predicted molar refractivity (Wildman–Crippen MR) is 117 cm³/mol. The van der Waals surface area contributed by atoms with Gasteiger partial charge in [-0.1, -0.05) is 18.2 Å². The SMILES string of the molecule is COc1ccccc1CCNC1CCc2c(c(C(=O)N3CCSCC3)nn2C)C1. The number of nitrogens with zero attached hydrogens (tertiary/aromatic N) is 3. The van der Waals surface area contributed by atoms with Gasteiger partial charge in [0.15, 0.2) is 5.69 Å². The smallest absolute Gasteiger partial charge is 0.274 e. The van der Waals surface area contributed by atoms with Gasteiger partial charge < -0.3 is 15.0 Å². The Balaban J connectivity index is 1.40. The number of hydrogen-bond donors (Lipinski definition) is 1. The number of aromatic nitrogens is 2. The number of ether oxygens (including phenoxy) is 1. The molecule has 4 rings (SSSR count). The number of carbonyl (C=O) groups is 1. The van der Waals surface area contributed by atoms with Crippen molar-refractivity contribution in [3.05, 3.63) is 46.8 Å². The van der Waals surface area contributed by atoms with Gasteiger partial charge in [-0.25, -0.2) is 0 Å². The van der Waals surface area contributed by atoms with Crippen molar-refractivity contribution in [1.82, 2.24) is 20.0 Å². The summed E-state index contributed by atoms with van der Waals surface area (Å²) in [6, 6.07) is 8.56. The molecular weight excluding hydrogens is 384 g/mol. The molecule has 1 unspecified atom stereocenters. The first kappa shape index (κ1) is 20.3. The minimum atomic E-state index is 0.108. The molecule has 2 heterocycles. The zero-order valence-corrected chi connectivity index (χ0v) is 18.1. The minimum Gasteiger partial charge on any atom is -0.496 e. The normalized spacial score (nSPS) is 19.1. The van der Waals surface area contributed by atoms with E-state index < -0.39 is 0 Å². The van der Waals surface area contributed by atoms with Crippen LogP contribution >= 0.6 is 11.8 Å². The average molecular weight is 415 g/mol. The summed E-state index contributed by atoms with van der Waals surface area (Å²) in [6.45, 7) is 2.55. The van der Waals surface area contributed by atoms with Gasteiger partial charge in [-0.2, -0.15) is 16.9 Å². The highest BCUT2D eigenvalue weighted by molar-refractivity contribution is 7.99. The Kier molecular flexibility index (Phi) is 6.45. The van der Waals surface area contributed by atoms with Crippen LogP contribution in [0, 0.1) is 0 Å². The lowest BCUT2D eigenvalue weighted by Gasteiger charge is -2.27. The van der Waals surface area contributed by atoms with Gasteiger partial charge in [0.25, 0.3) is 5.91 Å². The lowest BCUT2D eigenvalue weighted by atomic mass is 9.91. The number of para-hydroxylation sites is 1. The molecule has 1 atom stereocenters. The van der Waals surface area contributed by atoms with Crippen LogP contribution in [0.15, 0.2) is 24.3 Å². The number of aryl methyl sites for hydroxylation is 1. The number of carbonyl (C=O) groups excluding carboxylic acids is 1. The quantitative estimate of drug-likeness (QED) is 0.786. The van der Waals surface area contributed by atoms with Crippen LogP contribution in [0.25, 0.3) is 0 Å². The molecule has 156 valence electrons. The molecule has 1 aliphatic heterocycles. The standard InChI is InChI=1S/C22H30N4O2S/c1-25-19-8-7-17(23-10-9-16-5-3-4-6-20(16)28-2)15-18(19)21(24-25)22(27)26-11-13-29-14-12-26/h3-6,17,23H,7-15H2,1-2H3. The molecule has 0 saturated carbocycles. The van der Waals surface area contributed by atoms with Crippen LogP contribution < -0.4 is 10.1 Å². The number of methoxy groups -OCH3 is 1. The molecular formula is C22H30N4O2S. The van der Waals surface area contributed by atoms with Crippen molar-refractivity contribution in [2.24, 2.45) is 7.05 Å². The third-order valence-corrected chi connectivity index (χ3v) is 6.92. The van der Waals surface area contributed by atoms with Crippen LogP contribution in [0.5, 0.6) is 5.75 Å². The molecule has 29 heavy (non-hydrogen) atoms. The summed E-state index contributed by atoms with van der Waals surface area (Å²) in [5.74, 6) is 3.10. The first-order valence-electron chi connectivity index (χ1n) is 10.4. The van der Waals surface area contributed by atoms with Crippen LogP contribution in [0.3, 0.4) is 0 Å². The van der Waals surface area contributed by atoms with Gasteiger partial charge in [-0.3, -0.25) is 9.48 Å². The second-order valence-corrected chi connectivity index (χ2v) is 8.98. The summed E-state index contributed by atoms with van der Waals surface area (Å²) in [4.78, 5) is 15.0. The van der Waals surface area contributed by atoms with Crippen molar-refractivity contribution in [3.63, 3.8) is 0 Å². The first-order chi connectivity index (χ1) is 14.2. The Labute approximate surface area is 177 Å². The average Bonchev–Trinajstić information content (AvgIpc) is 3.10. The maximum absolute atomic E-state index is 13.1. The van der Waals surface area contributed by atoms with E-state index in [-0.39, 0.29) is 5.91 Å². The largest absolute Gasteiger partial charge is 0.496 e. The summed E-state index contributed by atoms with van der Waals surface area (Å²) < 4.78 is 7.38. The molecule has 6 nitrogen and oxygen atoms in total. The Hall–Kier alpha value is -1.99. The van der Waals surface area contributed by atoms with Crippen molar-refractivity contribution in [1.29, 1.82) is 0 Å². The first-order valence-corrected chi connectivity index (χ1v) is 11.6. The highest BCUT2D eigenvalue weighted by Crippen LogP contribution is 2.26. The fourth-order valence-corrected chi connectivity index (χ4v) is 5.28. The molecule has 1 fully saturated rings. The van der Waals surface area contributed by atoms with Crippen molar-refractivity contribution in [2.75, 3.05) is 38.2 Å². The predicted octanol–water partition coefficient (Wildman–Crippen LogP) is 2.31. The fourth-order valence-electron chi connectivity index (χ4n) is 4.37. The van der Waals surface area contributed by atoms with Gasteiger partial charge in [-0.15, -0.1) is 0 Å². The monoisotopic (exact) mass is 414 g/mol. The number of nitrogens with one attached hydrogen (secondary N) is 1. The van der Waals surface area contributed by atoms with Crippen LogP contribution in [0.2, 0.25) is 0 Å². The second kappa shape index (κ2) is 9.22. The van der Waals surface area contributed by atoms with E-state index in [4.69, 9.17) is 4.74 Å². The number of fused-ring (bicyclic) bond motifs is 1. The molecule has 1 saturated heterocycles. The van der Waals surface area contributed by atoms with Crippen molar-refractivity contribution < 1.29 is 9.53 Å². The van der Waals surface area contributed by atoms with Crippen LogP contribution in [0.1, 0.15) is 33.7 Å². The number of thioether (sulfide) groups is 1. The Morgan fingerprint density at radius 2 is 2.10 bits per heavy atom. The molecule has 7 heteroatoms. The lowest BCUT2D eigenvalue weighted by Crippen LogP contribution is -2.40. The van der Waals surface area contributed by atoms with E-state index in [0.717, 1.165) is 68.1 Å². The molecule has 1 N–H and O–H groups in total. The molecule has 1 aromatic heterocycles. The zero-order chi connectivity index (χ0) is 20.2. The Morgan fingerprint density at radius 1 is 1.31 bits per heavy atom. The number of hydrogen-bond acceptors (Lipinski definition) is 5. The van der Waals surface area contributed by atoms with Crippen LogP contribution in [-0.2, 0) is 26.3 Å². The topological polar surface area (TPSA) is 59.4 Å². The van der Waals surface area contributed by atoms with E-state index in [1.165, 1.54) is 11.3 Å². The minimum absolute atomic E-state index is 0.108. The van der Waals surface area contributed by atoms with Gasteiger partial charge in [-0.05, 0) is 43.9 Å². The molecule has 1 amide bonds. The number of benzene rings is 1. The maximum atomic E-state index is 13.1. The van der Waals surface area contributed by atoms with E-state index in [1.54, 1.807) is 7.11 Å². The van der Waals surface area contributed by atoms with Crippen molar-refractivity contribution in [3.8, 4) is 5.75 Å². The Morgan fingerprint density at radius 3 is 2.90 bits per heavy atom. The maximum Gasteiger partial charge on any atom is 0.274 e. The van der Waals surface area contributed by atoms with Crippen LogP contribution in [-0.4, -0.2) is 64.9 Å². The van der Waals surface area contributed by atoms with E-state index >= 15 is 0 Å². The summed E-state index contributed by atoms with van der Waals surface area (Å²) in [7, 11) is 3.69. The van der Waals surface area contributed by atoms with Gasteiger partial charge in [0.2, 0.25) is 0 Å². The van der Waals surface area contributed by atoms with Gasteiger partial charge in [0, 0.05) is 48.9 Å². The molecule has 2 aromatic rings. The van der Waals surface area contributed by atoms with Crippen molar-refractivity contribution >= 4 is 17.7 Å². The third kappa shape index (κ3) is 4.46. The molecule has 0 bridgehead atoms. The zero-order valence-electron chi connectivity index (χ0n) is 17.3. The van der Waals surface area contributed by atoms with Crippen LogP contribution in [0.4, 0.5) is 0 Å². The fraction of sp³-hybridized carbons (Fsp3) is 0.545. The third-order valence-electron chi connectivity index (χ3n) is 5.98.